The Balaban J connectivity index is 2.32. The van der Waals surface area contributed by atoms with Crippen LogP contribution >= 0.6 is 23.8 Å². The summed E-state index contributed by atoms with van der Waals surface area (Å²) in [6.45, 7) is 19.3. The van der Waals surface area contributed by atoms with Gasteiger partial charge in [-0.1, -0.05) is 150 Å². The Kier molecular flexibility index (Phi) is 9.72. The van der Waals surface area contributed by atoms with Crippen molar-refractivity contribution in [2.45, 2.75) is 78.0 Å². The van der Waals surface area contributed by atoms with Crippen molar-refractivity contribution in [3.63, 3.8) is 0 Å². The molecule has 0 amide bonds. The lowest BCUT2D eigenvalue weighted by Gasteiger charge is -2.34. The largest absolute Gasteiger partial charge is 0.0693 e. The van der Waals surface area contributed by atoms with Gasteiger partial charge in [0.15, 0.2) is 0 Å². The fourth-order valence-corrected chi connectivity index (χ4v) is 14.5. The number of hydrogen-bond donors (Lipinski definition) is 0. The monoisotopic (exact) mass is 494 g/mol. The van der Waals surface area contributed by atoms with E-state index in [0.717, 1.165) is 0 Å². The Labute approximate surface area is 206 Å². The van der Waals surface area contributed by atoms with Crippen molar-refractivity contribution in [2.75, 3.05) is 0 Å². The summed E-state index contributed by atoms with van der Waals surface area (Å²) in [4.78, 5) is 0. The van der Waals surface area contributed by atoms with Crippen LogP contribution in [0.2, 0.25) is 0 Å². The van der Waals surface area contributed by atoms with Crippen molar-refractivity contribution in [1.82, 2.24) is 0 Å². The molecule has 0 nitrogen and oxygen atoms in total. The lowest BCUT2D eigenvalue weighted by atomic mass is 10.3. The van der Waals surface area contributed by atoms with Gasteiger partial charge in [-0.3, -0.25) is 0 Å². The summed E-state index contributed by atoms with van der Waals surface area (Å²) < 4.78 is 0. The second-order valence-corrected chi connectivity index (χ2v) is 18.7. The maximum absolute atomic E-state index is 2.44. The minimum absolute atomic E-state index is 0.236. The molecular weight excluding hydrogens is 453 g/mol. The van der Waals surface area contributed by atoms with Gasteiger partial charge in [0.2, 0.25) is 0 Å². The van der Waals surface area contributed by atoms with Crippen LogP contribution in [0.25, 0.3) is 0 Å². The normalized spacial score (nSPS) is 12.3. The van der Waals surface area contributed by atoms with E-state index in [0.29, 0.717) is 22.6 Å². The van der Waals surface area contributed by atoms with Gasteiger partial charge in [-0.15, -0.1) is 0 Å². The summed E-state index contributed by atoms with van der Waals surface area (Å²) in [5.41, 5.74) is 2.69. The summed E-state index contributed by atoms with van der Waals surface area (Å²) in [5, 5.41) is 7.84. The van der Waals surface area contributed by atoms with Crippen LogP contribution in [-0.2, 0) is 0 Å². The van der Waals surface area contributed by atoms with Crippen molar-refractivity contribution < 1.29 is 0 Å². The second kappa shape index (κ2) is 12.1. The van der Waals surface area contributed by atoms with E-state index in [9.17, 15) is 0 Å². The van der Waals surface area contributed by atoms with Gasteiger partial charge in [-0.2, -0.15) is 0 Å². The molecule has 0 aliphatic heterocycles. The van der Waals surface area contributed by atoms with Gasteiger partial charge in [0.1, 0.15) is 0 Å². The molecule has 0 spiro atoms. The molecule has 176 valence electrons. The average molecular weight is 495 g/mol. The van der Waals surface area contributed by atoms with E-state index in [1.165, 1.54) is 5.30 Å². The molecule has 0 saturated heterocycles. The van der Waals surface area contributed by atoms with Gasteiger partial charge < -0.3 is 0 Å². The Morgan fingerprint density at radius 1 is 0.394 bits per heavy atom. The predicted molar refractivity (Wildman–Crippen MR) is 159 cm³/mol. The molecule has 33 heavy (non-hydrogen) atoms. The summed E-state index contributed by atoms with van der Waals surface area (Å²) in [5.74, 6) is 0. The zero-order valence-electron chi connectivity index (χ0n) is 21.7. The SMILES string of the molecule is CC(C)P(c1ccccc1P(c1ccccc1)c1ccccc1P(C(C)C)C(C)C)C(C)C. The summed E-state index contributed by atoms with van der Waals surface area (Å²) >= 11 is 0. The molecule has 0 unspecified atom stereocenters. The molecule has 0 aliphatic carbocycles. The maximum Gasteiger partial charge on any atom is -0.00738 e. The molecule has 0 atom stereocenters. The molecule has 0 radical (unpaired) electrons. The van der Waals surface area contributed by atoms with Crippen molar-refractivity contribution >= 4 is 50.3 Å². The molecule has 3 rings (SSSR count). The third kappa shape index (κ3) is 6.15. The zero-order chi connectivity index (χ0) is 24.1. The van der Waals surface area contributed by atoms with E-state index in [4.69, 9.17) is 0 Å². The van der Waals surface area contributed by atoms with Crippen LogP contribution in [0.3, 0.4) is 0 Å². The number of benzene rings is 3. The van der Waals surface area contributed by atoms with Gasteiger partial charge in [-0.25, -0.2) is 0 Å². The predicted octanol–water partition coefficient (Wildman–Crippen LogP) is 7.29. The second-order valence-electron chi connectivity index (χ2n) is 9.84. The fraction of sp³-hybridized carbons (Fsp3) is 0.400. The van der Waals surface area contributed by atoms with Crippen LogP contribution in [0.15, 0.2) is 78.9 Å². The lowest BCUT2D eigenvalue weighted by molar-refractivity contribution is 1.02. The van der Waals surface area contributed by atoms with Crippen LogP contribution in [0.4, 0.5) is 0 Å². The van der Waals surface area contributed by atoms with Crippen molar-refractivity contribution in [1.29, 1.82) is 0 Å². The van der Waals surface area contributed by atoms with Crippen LogP contribution in [-0.4, -0.2) is 22.6 Å². The maximum atomic E-state index is 2.44. The van der Waals surface area contributed by atoms with Gasteiger partial charge in [0, 0.05) is 0 Å². The van der Waals surface area contributed by atoms with Gasteiger partial charge in [0.05, 0.1) is 0 Å². The first-order valence-corrected chi connectivity index (χ1v) is 16.6. The van der Waals surface area contributed by atoms with E-state index in [-0.39, 0.29) is 15.8 Å². The van der Waals surface area contributed by atoms with Crippen LogP contribution < -0.4 is 26.5 Å². The molecule has 0 N–H and O–H groups in total. The molecule has 3 aromatic carbocycles. The number of hydrogen-bond acceptors (Lipinski definition) is 0. The third-order valence-corrected chi connectivity index (χ3v) is 15.3. The highest BCUT2D eigenvalue weighted by atomic mass is 31.1. The Morgan fingerprint density at radius 3 is 1.03 bits per heavy atom. The smallest absolute Gasteiger partial charge is 0.00738 e. The quantitative estimate of drug-likeness (QED) is 0.274. The molecule has 0 saturated carbocycles. The molecule has 3 heteroatoms. The van der Waals surface area contributed by atoms with Crippen LogP contribution in [0.5, 0.6) is 0 Å². The highest BCUT2D eigenvalue weighted by molar-refractivity contribution is 7.84. The topological polar surface area (TPSA) is 0 Å². The summed E-state index contributed by atoms with van der Waals surface area (Å²) in [7, 11) is -1.09. The molecule has 0 aromatic heterocycles. The standard InChI is InChI=1S/C30H41P3/c1-22(2)31(23(3)4)27-18-12-14-20-29(27)33(26-16-10-9-11-17-26)30-21-15-13-19-28(30)32(24(5)6)25(7)8/h9-25H,1-8H3. The first-order valence-electron chi connectivity index (χ1n) is 12.3. The van der Waals surface area contributed by atoms with E-state index >= 15 is 0 Å². The lowest BCUT2D eigenvalue weighted by Crippen LogP contribution is -2.37. The van der Waals surface area contributed by atoms with Gasteiger partial charge in [-0.05, 0) is 57.1 Å². The van der Waals surface area contributed by atoms with Crippen molar-refractivity contribution in [3.8, 4) is 0 Å². The fourth-order valence-electron chi connectivity index (χ4n) is 5.03. The van der Waals surface area contributed by atoms with Gasteiger partial charge in [0.25, 0.3) is 0 Å². The highest BCUT2D eigenvalue weighted by Crippen LogP contribution is 2.49. The Hall–Kier alpha value is -1.05. The molecule has 0 bridgehead atoms. The molecule has 3 aromatic rings. The molecule has 0 aliphatic rings. The Bertz CT molecular complexity index is 928. The van der Waals surface area contributed by atoms with Crippen molar-refractivity contribution in [3.05, 3.63) is 78.9 Å². The van der Waals surface area contributed by atoms with E-state index in [2.05, 4.69) is 134 Å². The van der Waals surface area contributed by atoms with Crippen LogP contribution in [0, 0.1) is 0 Å². The molecule has 0 fully saturated rings. The average Bonchev–Trinajstić information content (AvgIpc) is 2.76. The zero-order valence-corrected chi connectivity index (χ0v) is 24.3. The van der Waals surface area contributed by atoms with E-state index in [1.807, 2.05) is 0 Å². The summed E-state index contributed by atoms with van der Waals surface area (Å²) in [6.07, 6.45) is 0. The first-order chi connectivity index (χ1) is 15.7. The Morgan fingerprint density at radius 2 is 0.697 bits per heavy atom. The van der Waals surface area contributed by atoms with Crippen LogP contribution in [0.1, 0.15) is 55.4 Å². The van der Waals surface area contributed by atoms with Crippen molar-refractivity contribution in [2.24, 2.45) is 0 Å². The highest BCUT2D eigenvalue weighted by Gasteiger charge is 2.30. The molecular formula is C30H41P3. The summed E-state index contributed by atoms with van der Waals surface area (Å²) in [6, 6.07) is 30.1. The third-order valence-electron chi connectivity index (χ3n) is 6.04. The van der Waals surface area contributed by atoms with Gasteiger partial charge >= 0.3 is 0 Å². The number of rotatable bonds is 9. The minimum Gasteiger partial charge on any atom is -0.0693 e. The molecule has 0 heterocycles. The minimum atomic E-state index is -0.619. The van der Waals surface area contributed by atoms with E-state index in [1.54, 1.807) is 21.2 Å². The first kappa shape index (κ1) is 26.6. The van der Waals surface area contributed by atoms with E-state index < -0.39 is 7.92 Å².